The average Bonchev–Trinajstić information content (AvgIpc) is 2.85. The minimum atomic E-state index is 0.103. The van der Waals surface area contributed by atoms with Crippen LogP contribution in [-0.4, -0.2) is 47.0 Å². The van der Waals surface area contributed by atoms with Crippen LogP contribution in [0.4, 0.5) is 5.69 Å². The van der Waals surface area contributed by atoms with Gasteiger partial charge in [-0.15, -0.1) is 0 Å². The van der Waals surface area contributed by atoms with Crippen molar-refractivity contribution in [2.45, 2.75) is 20.3 Å². The Balaban J connectivity index is 1.51. The van der Waals surface area contributed by atoms with Gasteiger partial charge in [0.05, 0.1) is 11.0 Å². The third-order valence-corrected chi connectivity index (χ3v) is 5.09. The second-order valence-corrected chi connectivity index (χ2v) is 6.97. The van der Waals surface area contributed by atoms with Crippen LogP contribution in [0, 0.1) is 13.8 Å². The number of H-pyrrole nitrogens is 1. The number of rotatable bonds is 2. The van der Waals surface area contributed by atoms with Crippen LogP contribution in [0.2, 0.25) is 0 Å². The fraction of sp³-hybridized carbons (Fsp3) is 0.333. The lowest BCUT2D eigenvalue weighted by atomic mass is 10.1. The fourth-order valence-electron chi connectivity index (χ4n) is 3.73. The number of aryl methyl sites for hydroxylation is 2. The van der Waals surface area contributed by atoms with E-state index in [-0.39, 0.29) is 5.91 Å². The molecule has 0 atom stereocenters. The maximum absolute atomic E-state index is 13.0. The molecule has 3 aromatic rings. The van der Waals surface area contributed by atoms with E-state index in [2.05, 4.69) is 46.1 Å². The van der Waals surface area contributed by atoms with E-state index in [9.17, 15) is 4.79 Å². The molecule has 134 valence electrons. The number of hydrogen-bond donors (Lipinski definition) is 1. The van der Waals surface area contributed by atoms with Gasteiger partial charge in [-0.1, -0.05) is 18.2 Å². The number of nitrogens with zero attached hydrogens (tertiary/aromatic N) is 3. The van der Waals surface area contributed by atoms with Gasteiger partial charge >= 0.3 is 0 Å². The molecule has 2 heterocycles. The molecule has 5 heteroatoms. The smallest absolute Gasteiger partial charge is 0.253 e. The molecule has 0 spiro atoms. The second kappa shape index (κ2) is 6.83. The lowest BCUT2D eigenvalue weighted by Crippen LogP contribution is -2.35. The fourth-order valence-corrected chi connectivity index (χ4v) is 3.73. The summed E-state index contributed by atoms with van der Waals surface area (Å²) < 4.78 is 0. The molecule has 26 heavy (non-hydrogen) atoms. The zero-order valence-electron chi connectivity index (χ0n) is 15.3. The number of imidazole rings is 1. The van der Waals surface area contributed by atoms with Crippen molar-refractivity contribution in [3.05, 3.63) is 59.4 Å². The zero-order chi connectivity index (χ0) is 18.1. The molecule has 1 saturated heterocycles. The van der Waals surface area contributed by atoms with Gasteiger partial charge in [-0.05, 0) is 50.1 Å². The molecule has 0 unspecified atom stereocenters. The second-order valence-electron chi connectivity index (χ2n) is 6.97. The number of fused-ring (bicyclic) bond motifs is 1. The highest BCUT2D eigenvalue weighted by Gasteiger charge is 2.21. The van der Waals surface area contributed by atoms with Gasteiger partial charge in [-0.25, -0.2) is 4.98 Å². The molecular formula is C21H24N4O. The molecule has 1 aromatic heterocycles. The molecule has 1 aliphatic rings. The molecule has 1 fully saturated rings. The van der Waals surface area contributed by atoms with Crippen LogP contribution >= 0.6 is 0 Å². The average molecular weight is 348 g/mol. The van der Waals surface area contributed by atoms with Gasteiger partial charge in [0.15, 0.2) is 0 Å². The number of carbonyl (C=O) groups excluding carboxylic acids is 1. The van der Waals surface area contributed by atoms with E-state index in [4.69, 9.17) is 0 Å². The Labute approximate surface area is 153 Å². The SMILES string of the molecule is Cc1nc2ccc(C(=O)N3CCCN(c4ccccc4C)CC3)cc2[nH]1. The molecule has 1 N–H and O–H groups in total. The summed E-state index contributed by atoms with van der Waals surface area (Å²) in [6, 6.07) is 14.2. The number of carbonyl (C=O) groups is 1. The normalized spacial score (nSPS) is 15.3. The first-order valence-electron chi connectivity index (χ1n) is 9.18. The van der Waals surface area contributed by atoms with Gasteiger partial charge in [-0.3, -0.25) is 4.79 Å². The van der Waals surface area contributed by atoms with Crippen molar-refractivity contribution in [3.8, 4) is 0 Å². The van der Waals surface area contributed by atoms with E-state index in [1.54, 1.807) is 0 Å². The molecule has 5 nitrogen and oxygen atoms in total. The summed E-state index contributed by atoms with van der Waals surface area (Å²) in [6.07, 6.45) is 0.978. The standard InChI is InChI=1S/C21H24N4O/c1-15-6-3-4-7-20(15)24-10-5-11-25(13-12-24)21(26)17-8-9-18-19(14-17)23-16(2)22-18/h3-4,6-9,14H,5,10-13H2,1-2H3,(H,22,23). The molecule has 0 saturated carbocycles. The van der Waals surface area contributed by atoms with E-state index in [0.717, 1.165) is 55.0 Å². The van der Waals surface area contributed by atoms with Crippen molar-refractivity contribution < 1.29 is 4.79 Å². The van der Waals surface area contributed by atoms with Gasteiger partial charge < -0.3 is 14.8 Å². The number of nitrogens with one attached hydrogen (secondary N) is 1. The molecule has 0 bridgehead atoms. The van der Waals surface area contributed by atoms with Crippen molar-refractivity contribution in [2.75, 3.05) is 31.1 Å². The van der Waals surface area contributed by atoms with Crippen molar-refractivity contribution in [1.29, 1.82) is 0 Å². The lowest BCUT2D eigenvalue weighted by molar-refractivity contribution is 0.0767. The third-order valence-electron chi connectivity index (χ3n) is 5.09. The van der Waals surface area contributed by atoms with Crippen molar-refractivity contribution >= 4 is 22.6 Å². The van der Waals surface area contributed by atoms with Crippen molar-refractivity contribution in [2.24, 2.45) is 0 Å². The Morgan fingerprint density at radius 1 is 1.04 bits per heavy atom. The van der Waals surface area contributed by atoms with Crippen LogP contribution < -0.4 is 4.90 Å². The highest BCUT2D eigenvalue weighted by Crippen LogP contribution is 2.22. The van der Waals surface area contributed by atoms with E-state index in [1.807, 2.05) is 30.0 Å². The summed E-state index contributed by atoms with van der Waals surface area (Å²) in [6.45, 7) is 7.45. The van der Waals surface area contributed by atoms with E-state index in [0.29, 0.717) is 0 Å². The number of hydrogen-bond acceptors (Lipinski definition) is 3. The Hall–Kier alpha value is -2.82. The van der Waals surface area contributed by atoms with E-state index in [1.165, 1.54) is 11.3 Å². The molecule has 0 aliphatic carbocycles. The summed E-state index contributed by atoms with van der Waals surface area (Å²) in [4.78, 5) is 25.0. The molecule has 2 aromatic carbocycles. The largest absolute Gasteiger partial charge is 0.369 e. The van der Waals surface area contributed by atoms with Crippen LogP contribution in [0.15, 0.2) is 42.5 Å². The number of amides is 1. The lowest BCUT2D eigenvalue weighted by Gasteiger charge is -2.25. The monoisotopic (exact) mass is 348 g/mol. The van der Waals surface area contributed by atoms with Gasteiger partial charge in [0, 0.05) is 37.4 Å². The highest BCUT2D eigenvalue weighted by atomic mass is 16.2. The number of benzene rings is 2. The van der Waals surface area contributed by atoms with Gasteiger partial charge in [0.1, 0.15) is 5.82 Å². The van der Waals surface area contributed by atoms with Crippen molar-refractivity contribution in [3.63, 3.8) is 0 Å². The molecule has 4 rings (SSSR count). The Morgan fingerprint density at radius 2 is 1.88 bits per heavy atom. The predicted molar refractivity (Wildman–Crippen MR) is 105 cm³/mol. The summed E-state index contributed by atoms with van der Waals surface area (Å²) in [5.41, 5.74) is 5.11. The number of para-hydroxylation sites is 1. The first-order valence-corrected chi connectivity index (χ1v) is 9.18. The quantitative estimate of drug-likeness (QED) is 0.771. The number of aromatic nitrogens is 2. The summed E-state index contributed by atoms with van der Waals surface area (Å²) in [5, 5.41) is 0. The summed E-state index contributed by atoms with van der Waals surface area (Å²) in [7, 11) is 0. The van der Waals surface area contributed by atoms with Crippen molar-refractivity contribution in [1.82, 2.24) is 14.9 Å². The zero-order valence-corrected chi connectivity index (χ0v) is 15.3. The minimum Gasteiger partial charge on any atom is -0.369 e. The van der Waals surface area contributed by atoms with Gasteiger partial charge in [0.25, 0.3) is 5.91 Å². The molecule has 0 radical (unpaired) electrons. The summed E-state index contributed by atoms with van der Waals surface area (Å²) >= 11 is 0. The molecule has 1 amide bonds. The van der Waals surface area contributed by atoms with E-state index < -0.39 is 0 Å². The van der Waals surface area contributed by atoms with Crippen LogP contribution in [0.5, 0.6) is 0 Å². The highest BCUT2D eigenvalue weighted by molar-refractivity contribution is 5.97. The third kappa shape index (κ3) is 3.17. The van der Waals surface area contributed by atoms with Gasteiger partial charge in [-0.2, -0.15) is 0 Å². The summed E-state index contributed by atoms with van der Waals surface area (Å²) in [5.74, 6) is 0.971. The topological polar surface area (TPSA) is 52.2 Å². The maximum atomic E-state index is 13.0. The molecular weight excluding hydrogens is 324 g/mol. The van der Waals surface area contributed by atoms with Crippen LogP contribution in [0.1, 0.15) is 28.2 Å². The maximum Gasteiger partial charge on any atom is 0.253 e. The van der Waals surface area contributed by atoms with Crippen LogP contribution in [-0.2, 0) is 0 Å². The predicted octanol–water partition coefficient (Wildman–Crippen LogP) is 3.53. The Kier molecular flexibility index (Phi) is 4.37. The number of anilines is 1. The molecule has 1 aliphatic heterocycles. The van der Waals surface area contributed by atoms with Crippen LogP contribution in [0.25, 0.3) is 11.0 Å². The first kappa shape index (κ1) is 16.6. The minimum absolute atomic E-state index is 0.103. The number of aromatic amines is 1. The van der Waals surface area contributed by atoms with Crippen LogP contribution in [0.3, 0.4) is 0 Å². The Morgan fingerprint density at radius 3 is 2.73 bits per heavy atom. The van der Waals surface area contributed by atoms with Gasteiger partial charge in [0.2, 0.25) is 0 Å². The van der Waals surface area contributed by atoms with E-state index >= 15 is 0 Å². The first-order chi connectivity index (χ1) is 12.6. The Bertz CT molecular complexity index is 946.